The molecule has 8 nitrogen and oxygen atoms in total. The first-order valence-corrected chi connectivity index (χ1v) is 11.9. The van der Waals surface area contributed by atoms with Crippen molar-refractivity contribution in [2.24, 2.45) is 0 Å². The number of nitrogens with one attached hydrogen (secondary N) is 1. The van der Waals surface area contributed by atoms with Gasteiger partial charge in [-0.2, -0.15) is 0 Å². The SMILES string of the molecule is COc1ccc(C)cc1OC(=O)N1C[C@H](C)N(C(C)=O)c2ccc(C3CNN(C4CC4)C3)cc21. The topological polar surface area (TPSA) is 74.3 Å². The highest BCUT2D eigenvalue weighted by Crippen LogP contribution is 2.40. The zero-order valence-electron chi connectivity index (χ0n) is 20.2. The molecule has 2 fully saturated rings. The summed E-state index contributed by atoms with van der Waals surface area (Å²) in [6.45, 7) is 7.61. The van der Waals surface area contributed by atoms with E-state index in [-0.39, 0.29) is 11.9 Å². The van der Waals surface area contributed by atoms with Crippen molar-refractivity contribution in [3.8, 4) is 11.5 Å². The van der Waals surface area contributed by atoms with Crippen LogP contribution in [0.2, 0.25) is 0 Å². The maximum absolute atomic E-state index is 13.4. The van der Waals surface area contributed by atoms with Crippen LogP contribution in [-0.2, 0) is 4.79 Å². The zero-order valence-corrected chi connectivity index (χ0v) is 20.2. The van der Waals surface area contributed by atoms with Crippen LogP contribution in [0.1, 0.15) is 43.7 Å². The summed E-state index contributed by atoms with van der Waals surface area (Å²) in [7, 11) is 1.55. The Labute approximate surface area is 200 Å². The fraction of sp³-hybridized carbons (Fsp3) is 0.462. The van der Waals surface area contributed by atoms with Gasteiger partial charge >= 0.3 is 6.09 Å². The molecule has 2 atom stereocenters. The molecule has 180 valence electrons. The average molecular weight is 465 g/mol. The van der Waals surface area contributed by atoms with Gasteiger partial charge in [0.25, 0.3) is 0 Å². The Bertz CT molecular complexity index is 1120. The number of carbonyl (C=O) groups excluding carboxylic acids is 2. The molecule has 5 rings (SSSR count). The van der Waals surface area contributed by atoms with Gasteiger partial charge in [0, 0.05) is 38.5 Å². The van der Waals surface area contributed by atoms with Crippen LogP contribution in [0.5, 0.6) is 11.5 Å². The number of amides is 2. The Morgan fingerprint density at radius 1 is 1.03 bits per heavy atom. The fourth-order valence-corrected chi connectivity index (χ4v) is 5.04. The third kappa shape index (κ3) is 4.23. The predicted molar refractivity (Wildman–Crippen MR) is 131 cm³/mol. The van der Waals surface area contributed by atoms with Crippen LogP contribution < -0.4 is 24.7 Å². The molecule has 3 aliphatic rings. The monoisotopic (exact) mass is 464 g/mol. The highest BCUT2D eigenvalue weighted by Gasteiger charge is 2.38. The molecule has 8 heteroatoms. The van der Waals surface area contributed by atoms with E-state index in [1.807, 2.05) is 26.0 Å². The second-order valence-corrected chi connectivity index (χ2v) is 9.56. The maximum atomic E-state index is 13.4. The van der Waals surface area contributed by atoms with Crippen molar-refractivity contribution in [3.63, 3.8) is 0 Å². The Balaban J connectivity index is 1.47. The molecule has 1 unspecified atom stereocenters. The summed E-state index contributed by atoms with van der Waals surface area (Å²) in [5.41, 5.74) is 7.07. The number of rotatable bonds is 4. The number of methoxy groups -OCH3 is 1. The van der Waals surface area contributed by atoms with Crippen LogP contribution in [0.4, 0.5) is 16.2 Å². The third-order valence-electron chi connectivity index (χ3n) is 6.93. The van der Waals surface area contributed by atoms with Crippen LogP contribution in [0.25, 0.3) is 0 Å². The van der Waals surface area contributed by atoms with Crippen LogP contribution in [0.3, 0.4) is 0 Å². The predicted octanol–water partition coefficient (Wildman–Crippen LogP) is 3.83. The second kappa shape index (κ2) is 8.92. The first-order chi connectivity index (χ1) is 16.4. The zero-order chi connectivity index (χ0) is 24.0. The van der Waals surface area contributed by atoms with Gasteiger partial charge in [0.2, 0.25) is 5.91 Å². The lowest BCUT2D eigenvalue weighted by atomic mass is 9.97. The van der Waals surface area contributed by atoms with Crippen molar-refractivity contribution >= 4 is 23.4 Å². The largest absolute Gasteiger partial charge is 0.493 e. The molecule has 0 aromatic heterocycles. The minimum atomic E-state index is -0.485. The van der Waals surface area contributed by atoms with E-state index in [0.717, 1.165) is 29.9 Å². The average Bonchev–Trinajstić information content (AvgIpc) is 3.54. The molecule has 2 amide bonds. The van der Waals surface area contributed by atoms with Crippen LogP contribution in [-0.4, -0.2) is 55.8 Å². The van der Waals surface area contributed by atoms with E-state index in [1.165, 1.54) is 12.8 Å². The minimum absolute atomic E-state index is 0.0442. The lowest BCUT2D eigenvalue weighted by Gasteiger charge is -2.40. The number of aryl methyl sites for hydroxylation is 1. The number of benzene rings is 2. The van der Waals surface area contributed by atoms with Crippen molar-refractivity contribution in [1.82, 2.24) is 10.4 Å². The van der Waals surface area contributed by atoms with Crippen molar-refractivity contribution in [3.05, 3.63) is 47.5 Å². The Morgan fingerprint density at radius 2 is 1.82 bits per heavy atom. The van der Waals surface area contributed by atoms with Gasteiger partial charge in [-0.05, 0) is 62.1 Å². The maximum Gasteiger partial charge on any atom is 0.420 e. The van der Waals surface area contributed by atoms with E-state index >= 15 is 0 Å². The smallest absolute Gasteiger partial charge is 0.420 e. The van der Waals surface area contributed by atoms with Gasteiger partial charge in [-0.1, -0.05) is 12.1 Å². The number of hydrogen-bond acceptors (Lipinski definition) is 6. The molecule has 2 aromatic rings. The van der Waals surface area contributed by atoms with Gasteiger partial charge in [-0.25, -0.2) is 9.80 Å². The second-order valence-electron chi connectivity index (χ2n) is 9.56. The van der Waals surface area contributed by atoms with Crippen LogP contribution in [0, 0.1) is 6.92 Å². The van der Waals surface area contributed by atoms with Gasteiger partial charge in [0.1, 0.15) is 0 Å². The Kier molecular flexibility index (Phi) is 5.95. The lowest BCUT2D eigenvalue weighted by Crippen LogP contribution is -2.52. The quantitative estimate of drug-likeness (QED) is 0.741. The van der Waals surface area contributed by atoms with Gasteiger partial charge in [0.15, 0.2) is 11.5 Å². The van der Waals surface area contributed by atoms with Crippen molar-refractivity contribution < 1.29 is 19.1 Å². The Hall–Kier alpha value is -3.10. The number of nitrogens with zero attached hydrogens (tertiary/aromatic N) is 3. The summed E-state index contributed by atoms with van der Waals surface area (Å²) >= 11 is 0. The molecule has 34 heavy (non-hydrogen) atoms. The molecule has 0 bridgehead atoms. The number of anilines is 2. The Morgan fingerprint density at radius 3 is 2.53 bits per heavy atom. The van der Waals surface area contributed by atoms with Crippen molar-refractivity contribution in [2.75, 3.05) is 36.5 Å². The molecule has 1 aliphatic carbocycles. The summed E-state index contributed by atoms with van der Waals surface area (Å²) in [6, 6.07) is 12.1. The molecule has 0 spiro atoms. The number of carbonyl (C=O) groups is 2. The molecule has 2 heterocycles. The molecule has 1 saturated carbocycles. The van der Waals surface area contributed by atoms with Crippen LogP contribution in [0.15, 0.2) is 36.4 Å². The third-order valence-corrected chi connectivity index (χ3v) is 6.93. The van der Waals surface area contributed by atoms with Crippen molar-refractivity contribution in [2.45, 2.75) is 51.6 Å². The molecule has 0 radical (unpaired) electrons. The van der Waals surface area contributed by atoms with Gasteiger partial charge in [-0.15, -0.1) is 0 Å². The van der Waals surface area contributed by atoms with E-state index in [0.29, 0.717) is 35.7 Å². The van der Waals surface area contributed by atoms with Gasteiger partial charge in [-0.3, -0.25) is 15.1 Å². The molecule has 2 aliphatic heterocycles. The first kappa shape index (κ1) is 22.7. The first-order valence-electron chi connectivity index (χ1n) is 11.9. The summed E-state index contributed by atoms with van der Waals surface area (Å²) in [4.78, 5) is 29.3. The van der Waals surface area contributed by atoms with Crippen LogP contribution >= 0.6 is 0 Å². The summed E-state index contributed by atoms with van der Waals surface area (Å²) in [5, 5.41) is 2.34. The number of hydrazine groups is 1. The lowest BCUT2D eigenvalue weighted by molar-refractivity contribution is -0.117. The fourth-order valence-electron chi connectivity index (χ4n) is 5.04. The number of ether oxygens (including phenoxy) is 2. The summed E-state index contributed by atoms with van der Waals surface area (Å²) in [6.07, 6.45) is 2.01. The highest BCUT2D eigenvalue weighted by atomic mass is 16.6. The van der Waals surface area contributed by atoms with E-state index in [1.54, 1.807) is 36.0 Å². The standard InChI is InChI=1S/C26H32N4O4/c1-16-5-10-24(33-4)25(11-16)34-26(32)28-14-17(2)30(18(3)31)22-9-6-19(12-23(22)28)20-13-27-29(15-20)21-7-8-21/h5-6,9-12,17,20-21,27H,7-8,13-15H2,1-4H3/t17-,20?/m0/s1. The summed E-state index contributed by atoms with van der Waals surface area (Å²) < 4.78 is 11.2. The van der Waals surface area contributed by atoms with E-state index in [2.05, 4.69) is 22.6 Å². The molecule has 1 saturated heterocycles. The molecular weight excluding hydrogens is 432 g/mol. The van der Waals surface area contributed by atoms with Crippen molar-refractivity contribution in [1.29, 1.82) is 0 Å². The normalized spacial score (nSPS) is 22.5. The molecule has 2 aromatic carbocycles. The van der Waals surface area contributed by atoms with E-state index < -0.39 is 6.09 Å². The van der Waals surface area contributed by atoms with Gasteiger partial charge in [0.05, 0.1) is 24.5 Å². The van der Waals surface area contributed by atoms with E-state index in [9.17, 15) is 9.59 Å². The van der Waals surface area contributed by atoms with Gasteiger partial charge < -0.3 is 14.4 Å². The van der Waals surface area contributed by atoms with E-state index in [4.69, 9.17) is 9.47 Å². The molecular formula is C26H32N4O4. The molecule has 1 N–H and O–H groups in total. The minimum Gasteiger partial charge on any atom is -0.493 e. The number of hydrogen-bond donors (Lipinski definition) is 1. The summed E-state index contributed by atoms with van der Waals surface area (Å²) in [5.74, 6) is 1.16. The number of fused-ring (bicyclic) bond motifs is 1. The highest BCUT2D eigenvalue weighted by molar-refractivity contribution is 6.02.